The number of anilines is 1. The maximum Gasteiger partial charge on any atom is 0.409 e. The lowest BCUT2D eigenvalue weighted by Crippen LogP contribution is -2.48. The predicted octanol–water partition coefficient (Wildman–Crippen LogP) is 2.38. The molecule has 1 spiro atoms. The van der Waals surface area contributed by atoms with Crippen molar-refractivity contribution in [3.63, 3.8) is 0 Å². The van der Waals surface area contributed by atoms with Gasteiger partial charge in [-0.15, -0.1) is 0 Å². The Kier molecular flexibility index (Phi) is 4.06. The van der Waals surface area contributed by atoms with Crippen molar-refractivity contribution in [1.29, 1.82) is 0 Å². The lowest BCUT2D eigenvalue weighted by atomic mass is 9.70. The van der Waals surface area contributed by atoms with Crippen LogP contribution in [0.5, 0.6) is 0 Å². The smallest absolute Gasteiger partial charge is 0.409 e. The summed E-state index contributed by atoms with van der Waals surface area (Å²) < 4.78 is 4.89. The average Bonchev–Trinajstić information content (AvgIpc) is 3.12. The van der Waals surface area contributed by atoms with Crippen LogP contribution in [0, 0.1) is 5.92 Å². The molecular weight excluding hydrogens is 292 g/mol. The summed E-state index contributed by atoms with van der Waals surface area (Å²) in [5, 5.41) is 13.5. The van der Waals surface area contributed by atoms with E-state index < -0.39 is 0 Å². The second kappa shape index (κ2) is 5.89. The van der Waals surface area contributed by atoms with Crippen LogP contribution in [0.2, 0.25) is 0 Å². The van der Waals surface area contributed by atoms with Crippen molar-refractivity contribution in [3.8, 4) is 0 Å². The second-order valence-corrected chi connectivity index (χ2v) is 6.60. The van der Waals surface area contributed by atoms with Crippen LogP contribution >= 0.6 is 0 Å². The zero-order valence-electron chi connectivity index (χ0n) is 13.7. The average molecular weight is 316 g/mol. The number of benzene rings is 1. The highest BCUT2D eigenvalue weighted by atomic mass is 16.5. The fourth-order valence-electron chi connectivity index (χ4n) is 4.14. The summed E-state index contributed by atoms with van der Waals surface area (Å²) >= 11 is 0. The molecule has 3 atom stereocenters. The number of amides is 1. The maximum atomic E-state index is 12.0. The topological polar surface area (TPSA) is 61.8 Å². The Hall–Kier alpha value is -2.01. The maximum absolute atomic E-state index is 12.0. The number of fused-ring (bicyclic) bond motifs is 2. The summed E-state index contributed by atoms with van der Waals surface area (Å²) in [6.07, 6.45) is 0.557. The summed E-state index contributed by atoms with van der Waals surface area (Å²) in [6.45, 7) is 7.30. The largest absolute Gasteiger partial charge is 0.453 e. The SMILES string of the molecule is C=C(C)[C@H](CO)[C@@H]1Nc2ccccc2C12CCN(C(=O)OC)C2. The molecule has 5 nitrogen and oxygen atoms in total. The molecule has 124 valence electrons. The molecule has 2 N–H and O–H groups in total. The van der Waals surface area contributed by atoms with Crippen LogP contribution in [0.15, 0.2) is 36.4 Å². The molecule has 0 aromatic heterocycles. The van der Waals surface area contributed by atoms with Gasteiger partial charge in [0.2, 0.25) is 0 Å². The third kappa shape index (κ3) is 2.39. The Balaban J connectivity index is 2.02. The van der Waals surface area contributed by atoms with Crippen molar-refractivity contribution >= 4 is 11.8 Å². The van der Waals surface area contributed by atoms with Gasteiger partial charge in [-0.3, -0.25) is 0 Å². The van der Waals surface area contributed by atoms with Gasteiger partial charge in [-0.25, -0.2) is 4.79 Å². The molecule has 0 saturated carbocycles. The van der Waals surface area contributed by atoms with Gasteiger partial charge in [0.05, 0.1) is 13.7 Å². The number of carbonyl (C=O) groups excluding carboxylic acids is 1. The molecule has 2 heterocycles. The number of aliphatic hydroxyl groups excluding tert-OH is 1. The molecule has 1 amide bonds. The van der Waals surface area contributed by atoms with Crippen molar-refractivity contribution in [1.82, 2.24) is 4.90 Å². The predicted molar refractivity (Wildman–Crippen MR) is 89.5 cm³/mol. The van der Waals surface area contributed by atoms with E-state index in [1.54, 1.807) is 4.90 Å². The standard InChI is InChI=1S/C18H24N2O3/c1-12(2)13(10-21)16-18(8-9-20(11-18)17(22)23-3)14-6-4-5-7-15(14)19-16/h4-7,13,16,19,21H,1,8-11H2,2-3H3/t13-,16-,18?/m0/s1. The van der Waals surface area contributed by atoms with Crippen LogP contribution < -0.4 is 5.32 Å². The third-order valence-corrected chi connectivity index (χ3v) is 5.34. The first kappa shape index (κ1) is 15.9. The summed E-state index contributed by atoms with van der Waals surface area (Å²) in [7, 11) is 1.41. The van der Waals surface area contributed by atoms with E-state index in [1.165, 1.54) is 12.7 Å². The number of nitrogens with one attached hydrogen (secondary N) is 1. The van der Waals surface area contributed by atoms with Crippen molar-refractivity contribution < 1.29 is 14.6 Å². The molecule has 1 fully saturated rings. The van der Waals surface area contributed by atoms with E-state index in [2.05, 4.69) is 24.0 Å². The minimum absolute atomic E-state index is 0.0251. The van der Waals surface area contributed by atoms with Gasteiger partial charge in [0.25, 0.3) is 0 Å². The van der Waals surface area contributed by atoms with Crippen LogP contribution in [0.4, 0.5) is 10.5 Å². The molecule has 2 aliphatic rings. The quantitative estimate of drug-likeness (QED) is 0.841. The Morgan fingerprint density at radius 2 is 2.30 bits per heavy atom. The molecule has 0 bridgehead atoms. The zero-order chi connectivity index (χ0) is 16.6. The molecule has 23 heavy (non-hydrogen) atoms. The number of hydrogen-bond acceptors (Lipinski definition) is 4. The van der Waals surface area contributed by atoms with Crippen LogP contribution in [0.25, 0.3) is 0 Å². The number of rotatable bonds is 3. The Labute approximate surface area is 136 Å². The highest BCUT2D eigenvalue weighted by Gasteiger charge is 2.54. The number of para-hydroxylation sites is 1. The van der Waals surface area contributed by atoms with Gasteiger partial charge in [0.1, 0.15) is 0 Å². The number of likely N-dealkylation sites (tertiary alicyclic amines) is 1. The van der Waals surface area contributed by atoms with E-state index in [0.29, 0.717) is 13.1 Å². The van der Waals surface area contributed by atoms with Gasteiger partial charge in [0.15, 0.2) is 0 Å². The molecule has 1 aromatic carbocycles. The first-order valence-electron chi connectivity index (χ1n) is 7.98. The minimum atomic E-state index is -0.291. The zero-order valence-corrected chi connectivity index (χ0v) is 13.7. The first-order valence-corrected chi connectivity index (χ1v) is 7.98. The van der Waals surface area contributed by atoms with E-state index in [4.69, 9.17) is 4.74 Å². The molecule has 1 unspecified atom stereocenters. The summed E-state index contributed by atoms with van der Waals surface area (Å²) in [4.78, 5) is 13.7. The van der Waals surface area contributed by atoms with E-state index in [-0.39, 0.29) is 30.1 Å². The van der Waals surface area contributed by atoms with Crippen molar-refractivity contribution in [2.75, 3.05) is 32.1 Å². The highest BCUT2D eigenvalue weighted by Crippen LogP contribution is 2.50. The summed E-state index contributed by atoms with van der Waals surface area (Å²) in [6, 6.07) is 8.24. The van der Waals surface area contributed by atoms with Crippen molar-refractivity contribution in [3.05, 3.63) is 42.0 Å². The lowest BCUT2D eigenvalue weighted by Gasteiger charge is -2.36. The second-order valence-electron chi connectivity index (χ2n) is 6.60. The summed E-state index contributed by atoms with van der Waals surface area (Å²) in [5.74, 6) is -0.0556. The number of ether oxygens (including phenoxy) is 1. The van der Waals surface area contributed by atoms with E-state index in [0.717, 1.165) is 17.7 Å². The van der Waals surface area contributed by atoms with Gasteiger partial charge in [0, 0.05) is 36.2 Å². The van der Waals surface area contributed by atoms with Gasteiger partial charge >= 0.3 is 6.09 Å². The monoisotopic (exact) mass is 316 g/mol. The minimum Gasteiger partial charge on any atom is -0.453 e. The highest BCUT2D eigenvalue weighted by molar-refractivity contribution is 5.70. The van der Waals surface area contributed by atoms with Crippen LogP contribution in [0.3, 0.4) is 0 Å². The van der Waals surface area contributed by atoms with E-state index >= 15 is 0 Å². The Morgan fingerprint density at radius 3 is 2.96 bits per heavy atom. The fourth-order valence-corrected chi connectivity index (χ4v) is 4.14. The number of carbonyl (C=O) groups is 1. The van der Waals surface area contributed by atoms with Gasteiger partial charge in [-0.05, 0) is 25.0 Å². The first-order chi connectivity index (χ1) is 11.0. The van der Waals surface area contributed by atoms with Crippen LogP contribution in [-0.4, -0.2) is 48.9 Å². The van der Waals surface area contributed by atoms with Gasteiger partial charge in [-0.1, -0.05) is 30.4 Å². The summed E-state index contributed by atoms with van der Waals surface area (Å²) in [5.41, 5.74) is 3.05. The molecule has 0 radical (unpaired) electrons. The van der Waals surface area contributed by atoms with Crippen molar-refractivity contribution in [2.24, 2.45) is 5.92 Å². The molecule has 0 aliphatic carbocycles. The van der Waals surface area contributed by atoms with E-state index in [9.17, 15) is 9.90 Å². The van der Waals surface area contributed by atoms with E-state index in [1.807, 2.05) is 19.1 Å². The van der Waals surface area contributed by atoms with Crippen LogP contribution in [0.1, 0.15) is 18.9 Å². The van der Waals surface area contributed by atoms with Crippen LogP contribution in [-0.2, 0) is 10.2 Å². The number of nitrogens with zero attached hydrogens (tertiary/aromatic N) is 1. The van der Waals surface area contributed by atoms with Gasteiger partial charge < -0.3 is 20.1 Å². The third-order valence-electron chi connectivity index (χ3n) is 5.34. The Morgan fingerprint density at radius 1 is 1.57 bits per heavy atom. The van der Waals surface area contributed by atoms with Crippen molar-refractivity contribution in [2.45, 2.75) is 24.8 Å². The lowest BCUT2D eigenvalue weighted by molar-refractivity contribution is 0.128. The number of methoxy groups -OCH3 is 1. The number of hydrogen-bond donors (Lipinski definition) is 2. The molecule has 1 saturated heterocycles. The molecule has 5 heteroatoms. The number of aliphatic hydroxyl groups is 1. The molecule has 3 rings (SSSR count). The molecular formula is C18H24N2O3. The molecule has 2 aliphatic heterocycles. The molecule has 1 aromatic rings. The fraction of sp³-hybridized carbons (Fsp3) is 0.500. The normalized spacial score (nSPS) is 26.7. The van der Waals surface area contributed by atoms with Gasteiger partial charge in [-0.2, -0.15) is 0 Å². The Bertz CT molecular complexity index is 630.